The number of carbonyl (C=O) groups is 2. The smallest absolute Gasteiger partial charge is 0.338 e. The van der Waals surface area contributed by atoms with Crippen LogP contribution in [0.4, 0.5) is 0 Å². The van der Waals surface area contributed by atoms with Crippen LogP contribution in [0.15, 0.2) is 82.8 Å². The molecule has 1 aliphatic heterocycles. The zero-order chi connectivity index (χ0) is 24.2. The Labute approximate surface area is 199 Å². The van der Waals surface area contributed by atoms with Crippen LogP contribution in [0.5, 0.6) is 5.75 Å². The number of rotatable bonds is 7. The van der Waals surface area contributed by atoms with Crippen molar-refractivity contribution in [2.24, 2.45) is 5.10 Å². The van der Waals surface area contributed by atoms with E-state index < -0.39 is 24.5 Å². The highest BCUT2D eigenvalue weighted by molar-refractivity contribution is 6.03. The van der Waals surface area contributed by atoms with E-state index in [0.717, 1.165) is 11.3 Å². The molecule has 0 radical (unpaired) electrons. The summed E-state index contributed by atoms with van der Waals surface area (Å²) in [6, 6.07) is 17.1. The number of hydrogen-bond donors (Lipinski definition) is 0. The number of esters is 1. The number of nitrogens with zero attached hydrogens (tertiary/aromatic N) is 6. The summed E-state index contributed by atoms with van der Waals surface area (Å²) < 4.78 is 17.5. The van der Waals surface area contributed by atoms with Gasteiger partial charge in [0.05, 0.1) is 30.3 Å². The van der Waals surface area contributed by atoms with Gasteiger partial charge < -0.3 is 13.9 Å². The summed E-state index contributed by atoms with van der Waals surface area (Å²) in [5.41, 5.74) is 2.41. The number of benzene rings is 2. The summed E-state index contributed by atoms with van der Waals surface area (Å²) in [6.45, 7) is -0.482. The first-order chi connectivity index (χ1) is 17.1. The standard InChI is InChI=1S/C24H20N6O5/c1-33-19-9-7-16(8-10-19)20-13-21(22-6-3-11-34-22)30(26-20)23(31)14-35-24(32)17-4-2-5-18(12-17)29-15-25-27-28-29/h2-12,15,21H,13-14H2,1H3. The van der Waals surface area contributed by atoms with Gasteiger partial charge in [0.15, 0.2) is 6.61 Å². The molecule has 0 bridgehead atoms. The summed E-state index contributed by atoms with van der Waals surface area (Å²) in [4.78, 5) is 25.7. The Morgan fingerprint density at radius 3 is 2.69 bits per heavy atom. The lowest BCUT2D eigenvalue weighted by molar-refractivity contribution is -0.136. The van der Waals surface area contributed by atoms with Gasteiger partial charge in [-0.15, -0.1) is 5.10 Å². The molecule has 0 spiro atoms. The van der Waals surface area contributed by atoms with Crippen molar-refractivity contribution in [2.45, 2.75) is 12.5 Å². The second-order valence-corrected chi connectivity index (χ2v) is 7.63. The average molecular weight is 472 g/mol. The van der Waals surface area contributed by atoms with Crippen molar-refractivity contribution in [2.75, 3.05) is 13.7 Å². The topological polar surface area (TPSA) is 125 Å². The number of hydrogen-bond acceptors (Lipinski definition) is 9. The Morgan fingerprint density at radius 2 is 1.97 bits per heavy atom. The first kappa shape index (κ1) is 22.0. The number of methoxy groups -OCH3 is 1. The van der Waals surface area contributed by atoms with Crippen LogP contribution in [0.1, 0.15) is 34.1 Å². The molecule has 4 aromatic rings. The molecule has 5 rings (SSSR count). The van der Waals surface area contributed by atoms with Crippen LogP contribution in [0.3, 0.4) is 0 Å². The monoisotopic (exact) mass is 472 g/mol. The summed E-state index contributed by atoms with van der Waals surface area (Å²) in [7, 11) is 1.60. The van der Waals surface area contributed by atoms with Crippen LogP contribution < -0.4 is 4.74 Å². The van der Waals surface area contributed by atoms with E-state index in [2.05, 4.69) is 20.6 Å². The van der Waals surface area contributed by atoms with E-state index in [1.807, 2.05) is 24.3 Å². The Hall–Kier alpha value is -4.80. The van der Waals surface area contributed by atoms with E-state index in [1.165, 1.54) is 16.0 Å². The summed E-state index contributed by atoms with van der Waals surface area (Å²) in [5.74, 6) is 0.186. The predicted octanol–water partition coefficient (Wildman–Crippen LogP) is 2.80. The number of tetrazole rings is 1. The molecule has 0 saturated heterocycles. The van der Waals surface area contributed by atoms with Crippen molar-refractivity contribution in [1.82, 2.24) is 25.2 Å². The van der Waals surface area contributed by atoms with Crippen molar-refractivity contribution >= 4 is 17.6 Å². The first-order valence-corrected chi connectivity index (χ1v) is 10.7. The van der Waals surface area contributed by atoms with Crippen molar-refractivity contribution in [3.05, 3.63) is 90.1 Å². The SMILES string of the molecule is COc1ccc(C2=NN(C(=O)COC(=O)c3cccc(-n4cnnn4)c3)C(c3ccco3)C2)cc1. The van der Waals surface area contributed by atoms with Crippen LogP contribution in [0, 0.1) is 0 Å². The molecule has 1 aliphatic rings. The van der Waals surface area contributed by atoms with Crippen LogP contribution in [0.2, 0.25) is 0 Å². The van der Waals surface area contributed by atoms with Gasteiger partial charge in [0, 0.05) is 6.42 Å². The van der Waals surface area contributed by atoms with E-state index in [-0.39, 0.29) is 5.56 Å². The molecule has 35 heavy (non-hydrogen) atoms. The molecular weight excluding hydrogens is 452 g/mol. The summed E-state index contributed by atoms with van der Waals surface area (Å²) in [6.07, 6.45) is 3.41. The van der Waals surface area contributed by atoms with E-state index >= 15 is 0 Å². The number of hydrazone groups is 1. The molecule has 1 unspecified atom stereocenters. The molecule has 1 atom stereocenters. The molecule has 0 aliphatic carbocycles. The Balaban J connectivity index is 1.31. The van der Waals surface area contributed by atoms with Gasteiger partial charge in [-0.25, -0.2) is 14.5 Å². The van der Waals surface area contributed by atoms with Crippen molar-refractivity contribution < 1.29 is 23.5 Å². The van der Waals surface area contributed by atoms with Gasteiger partial charge in [-0.3, -0.25) is 4.79 Å². The minimum Gasteiger partial charge on any atom is -0.497 e. The molecule has 3 heterocycles. The third-order valence-electron chi connectivity index (χ3n) is 5.48. The Kier molecular flexibility index (Phi) is 6.03. The third kappa shape index (κ3) is 4.64. The fourth-order valence-corrected chi connectivity index (χ4v) is 3.73. The summed E-state index contributed by atoms with van der Waals surface area (Å²) >= 11 is 0. The van der Waals surface area contributed by atoms with E-state index in [1.54, 1.807) is 49.8 Å². The van der Waals surface area contributed by atoms with E-state index in [0.29, 0.717) is 23.6 Å². The molecule has 0 N–H and O–H groups in total. The average Bonchev–Trinajstić information content (AvgIpc) is 3.69. The normalized spacial score (nSPS) is 15.1. The van der Waals surface area contributed by atoms with Crippen molar-refractivity contribution in [3.63, 3.8) is 0 Å². The molecule has 11 nitrogen and oxygen atoms in total. The Morgan fingerprint density at radius 1 is 1.11 bits per heavy atom. The second kappa shape index (κ2) is 9.59. The van der Waals surface area contributed by atoms with E-state index in [9.17, 15) is 9.59 Å². The lowest BCUT2D eigenvalue weighted by Gasteiger charge is -2.19. The maximum absolute atomic E-state index is 13.1. The minimum absolute atomic E-state index is 0.261. The van der Waals surface area contributed by atoms with Gasteiger partial charge >= 0.3 is 5.97 Å². The molecule has 176 valence electrons. The molecule has 0 fully saturated rings. The highest BCUT2D eigenvalue weighted by atomic mass is 16.5. The van der Waals surface area contributed by atoms with Crippen LogP contribution >= 0.6 is 0 Å². The van der Waals surface area contributed by atoms with Crippen LogP contribution in [-0.2, 0) is 9.53 Å². The molecule has 11 heteroatoms. The maximum Gasteiger partial charge on any atom is 0.338 e. The molecule has 2 aromatic heterocycles. The lowest BCUT2D eigenvalue weighted by atomic mass is 10.0. The third-order valence-corrected chi connectivity index (χ3v) is 5.48. The molecule has 2 aromatic carbocycles. The second-order valence-electron chi connectivity index (χ2n) is 7.63. The van der Waals surface area contributed by atoms with Gasteiger partial charge in [-0.2, -0.15) is 5.10 Å². The number of furan rings is 1. The zero-order valence-corrected chi connectivity index (χ0v) is 18.6. The molecule has 1 amide bonds. The van der Waals surface area contributed by atoms with Gasteiger partial charge in [0.1, 0.15) is 23.9 Å². The summed E-state index contributed by atoms with van der Waals surface area (Å²) in [5, 5.41) is 16.8. The molecule has 0 saturated carbocycles. The number of amides is 1. The number of aromatic nitrogens is 4. The van der Waals surface area contributed by atoms with Gasteiger partial charge in [0.2, 0.25) is 0 Å². The quantitative estimate of drug-likeness (QED) is 0.376. The first-order valence-electron chi connectivity index (χ1n) is 10.7. The lowest BCUT2D eigenvalue weighted by Crippen LogP contribution is -2.31. The predicted molar refractivity (Wildman–Crippen MR) is 122 cm³/mol. The fraction of sp³-hybridized carbons (Fsp3) is 0.167. The maximum atomic E-state index is 13.1. The van der Waals surface area contributed by atoms with Crippen molar-refractivity contribution in [3.8, 4) is 11.4 Å². The van der Waals surface area contributed by atoms with Gasteiger partial charge in [-0.05, 0) is 70.6 Å². The zero-order valence-electron chi connectivity index (χ0n) is 18.6. The fourth-order valence-electron chi connectivity index (χ4n) is 3.73. The van der Waals surface area contributed by atoms with E-state index in [4.69, 9.17) is 13.9 Å². The largest absolute Gasteiger partial charge is 0.497 e. The van der Waals surface area contributed by atoms with Gasteiger partial charge in [-0.1, -0.05) is 6.07 Å². The van der Waals surface area contributed by atoms with Crippen LogP contribution in [0.25, 0.3) is 5.69 Å². The van der Waals surface area contributed by atoms with Crippen molar-refractivity contribution in [1.29, 1.82) is 0 Å². The Bertz CT molecular complexity index is 1350. The number of carbonyl (C=O) groups excluding carboxylic acids is 2. The molecular formula is C24H20N6O5. The van der Waals surface area contributed by atoms with Crippen LogP contribution in [-0.4, -0.2) is 56.5 Å². The highest BCUT2D eigenvalue weighted by Crippen LogP contribution is 2.33. The van der Waals surface area contributed by atoms with Gasteiger partial charge in [0.25, 0.3) is 5.91 Å². The highest BCUT2D eigenvalue weighted by Gasteiger charge is 2.35. The number of ether oxygens (including phenoxy) is 2. The minimum atomic E-state index is -0.652.